The SMILES string of the molecule is CNC1CSCC1Cc1ccn(C2CCCC2)n1. The van der Waals surface area contributed by atoms with Crippen LogP contribution >= 0.6 is 11.8 Å². The minimum absolute atomic E-state index is 0.673. The van der Waals surface area contributed by atoms with Gasteiger partial charge < -0.3 is 5.32 Å². The van der Waals surface area contributed by atoms with Crippen molar-refractivity contribution in [3.63, 3.8) is 0 Å². The Kier molecular flexibility index (Phi) is 3.94. The van der Waals surface area contributed by atoms with Gasteiger partial charge in [-0.1, -0.05) is 12.8 Å². The third-order valence-electron chi connectivity index (χ3n) is 4.40. The standard InChI is InChI=1S/C14H23N3S/c1-15-14-10-18-9-11(14)8-12-6-7-17(16-12)13-4-2-3-5-13/h6-7,11,13-15H,2-5,8-10H2,1H3. The largest absolute Gasteiger partial charge is 0.316 e. The molecule has 1 aliphatic heterocycles. The van der Waals surface area contributed by atoms with Gasteiger partial charge in [-0.3, -0.25) is 4.68 Å². The molecular weight excluding hydrogens is 242 g/mol. The maximum absolute atomic E-state index is 4.80. The highest BCUT2D eigenvalue weighted by molar-refractivity contribution is 7.99. The summed E-state index contributed by atoms with van der Waals surface area (Å²) in [6, 6.07) is 3.58. The van der Waals surface area contributed by atoms with Crippen LogP contribution in [-0.4, -0.2) is 34.4 Å². The van der Waals surface area contributed by atoms with Gasteiger partial charge in [0.2, 0.25) is 0 Å². The van der Waals surface area contributed by atoms with E-state index in [0.717, 1.165) is 12.3 Å². The maximum Gasteiger partial charge on any atom is 0.0628 e. The van der Waals surface area contributed by atoms with E-state index in [-0.39, 0.29) is 0 Å². The molecule has 0 bridgehead atoms. The summed E-state index contributed by atoms with van der Waals surface area (Å²) in [5.41, 5.74) is 1.29. The summed E-state index contributed by atoms with van der Waals surface area (Å²) in [5.74, 6) is 3.29. The van der Waals surface area contributed by atoms with Crippen LogP contribution in [0.25, 0.3) is 0 Å². The summed E-state index contributed by atoms with van der Waals surface area (Å²) in [5, 5.41) is 8.24. The summed E-state index contributed by atoms with van der Waals surface area (Å²) in [6.45, 7) is 0. The molecule has 1 saturated heterocycles. The second-order valence-corrected chi connectivity index (χ2v) is 6.70. The van der Waals surface area contributed by atoms with Gasteiger partial charge in [0.25, 0.3) is 0 Å². The topological polar surface area (TPSA) is 29.9 Å². The fourth-order valence-corrected chi connectivity index (χ4v) is 4.73. The van der Waals surface area contributed by atoms with E-state index < -0.39 is 0 Å². The molecule has 0 spiro atoms. The molecular formula is C14H23N3S. The van der Waals surface area contributed by atoms with Crippen LogP contribution in [0.5, 0.6) is 0 Å². The van der Waals surface area contributed by atoms with Gasteiger partial charge in [-0.15, -0.1) is 0 Å². The molecule has 100 valence electrons. The molecule has 1 aromatic heterocycles. The molecule has 2 atom stereocenters. The summed E-state index contributed by atoms with van der Waals surface area (Å²) >= 11 is 2.07. The minimum Gasteiger partial charge on any atom is -0.316 e. The number of nitrogens with zero attached hydrogens (tertiary/aromatic N) is 2. The molecule has 3 rings (SSSR count). The van der Waals surface area contributed by atoms with Crippen molar-refractivity contribution in [1.82, 2.24) is 15.1 Å². The number of hydrogen-bond acceptors (Lipinski definition) is 3. The highest BCUT2D eigenvalue weighted by Crippen LogP contribution is 2.30. The normalized spacial score (nSPS) is 29.2. The van der Waals surface area contributed by atoms with Crippen LogP contribution in [0.3, 0.4) is 0 Å². The molecule has 3 nitrogen and oxygen atoms in total. The summed E-state index contributed by atoms with van der Waals surface area (Å²) in [4.78, 5) is 0. The van der Waals surface area contributed by atoms with Crippen molar-refractivity contribution in [2.45, 2.75) is 44.2 Å². The molecule has 0 amide bonds. The quantitative estimate of drug-likeness (QED) is 0.907. The second kappa shape index (κ2) is 5.66. The van der Waals surface area contributed by atoms with E-state index in [1.54, 1.807) is 0 Å². The van der Waals surface area contributed by atoms with Crippen LogP contribution < -0.4 is 5.32 Å². The molecule has 2 aliphatic rings. The summed E-state index contributed by atoms with van der Waals surface area (Å²) in [6.07, 6.45) is 8.72. The van der Waals surface area contributed by atoms with E-state index in [0.29, 0.717) is 12.1 Å². The zero-order valence-corrected chi connectivity index (χ0v) is 12.0. The fourth-order valence-electron chi connectivity index (χ4n) is 3.25. The highest BCUT2D eigenvalue weighted by atomic mass is 32.2. The lowest BCUT2D eigenvalue weighted by molar-refractivity contribution is 0.433. The lowest BCUT2D eigenvalue weighted by atomic mass is 9.98. The average Bonchev–Trinajstić information content (AvgIpc) is 3.10. The van der Waals surface area contributed by atoms with Crippen molar-refractivity contribution in [3.8, 4) is 0 Å². The summed E-state index contributed by atoms with van der Waals surface area (Å²) in [7, 11) is 2.08. The maximum atomic E-state index is 4.80. The number of thioether (sulfide) groups is 1. The van der Waals surface area contributed by atoms with Gasteiger partial charge in [-0.05, 0) is 44.0 Å². The van der Waals surface area contributed by atoms with Crippen molar-refractivity contribution < 1.29 is 0 Å². The Morgan fingerprint density at radius 3 is 3.00 bits per heavy atom. The average molecular weight is 265 g/mol. The fraction of sp³-hybridized carbons (Fsp3) is 0.786. The van der Waals surface area contributed by atoms with Crippen molar-refractivity contribution in [1.29, 1.82) is 0 Å². The minimum atomic E-state index is 0.673. The van der Waals surface area contributed by atoms with Gasteiger partial charge in [-0.2, -0.15) is 16.9 Å². The van der Waals surface area contributed by atoms with Crippen molar-refractivity contribution in [2.24, 2.45) is 5.92 Å². The van der Waals surface area contributed by atoms with Crippen molar-refractivity contribution in [2.75, 3.05) is 18.6 Å². The molecule has 4 heteroatoms. The Bertz CT molecular complexity index is 384. The van der Waals surface area contributed by atoms with Crippen molar-refractivity contribution >= 4 is 11.8 Å². The molecule has 2 heterocycles. The smallest absolute Gasteiger partial charge is 0.0628 e. The molecule has 1 saturated carbocycles. The van der Waals surface area contributed by atoms with Gasteiger partial charge in [0, 0.05) is 18.0 Å². The summed E-state index contributed by atoms with van der Waals surface area (Å²) < 4.78 is 2.22. The molecule has 0 radical (unpaired) electrons. The van der Waals surface area contributed by atoms with Gasteiger partial charge in [0.05, 0.1) is 11.7 Å². The number of nitrogens with one attached hydrogen (secondary N) is 1. The highest BCUT2D eigenvalue weighted by Gasteiger charge is 2.27. The Labute approximate surface area is 114 Å². The first kappa shape index (κ1) is 12.5. The van der Waals surface area contributed by atoms with Crippen LogP contribution in [0.15, 0.2) is 12.3 Å². The van der Waals surface area contributed by atoms with Crippen LogP contribution in [-0.2, 0) is 6.42 Å². The Morgan fingerprint density at radius 2 is 2.22 bits per heavy atom. The van der Waals surface area contributed by atoms with Crippen molar-refractivity contribution in [3.05, 3.63) is 18.0 Å². The third-order valence-corrected chi connectivity index (χ3v) is 5.66. The van der Waals surface area contributed by atoms with E-state index in [2.05, 4.69) is 41.1 Å². The molecule has 2 fully saturated rings. The molecule has 1 N–H and O–H groups in total. The lowest BCUT2D eigenvalue weighted by Gasteiger charge is -2.16. The van der Waals surface area contributed by atoms with E-state index in [1.807, 2.05) is 0 Å². The first-order valence-corrected chi connectivity index (χ1v) is 8.31. The Balaban J connectivity index is 1.62. The van der Waals surface area contributed by atoms with E-state index in [1.165, 1.54) is 42.9 Å². The first-order valence-electron chi connectivity index (χ1n) is 7.16. The van der Waals surface area contributed by atoms with Gasteiger partial charge in [0.1, 0.15) is 0 Å². The van der Waals surface area contributed by atoms with E-state index >= 15 is 0 Å². The molecule has 0 aromatic carbocycles. The number of rotatable bonds is 4. The third kappa shape index (κ3) is 2.59. The Morgan fingerprint density at radius 1 is 1.39 bits per heavy atom. The van der Waals surface area contributed by atoms with Gasteiger partial charge >= 0.3 is 0 Å². The molecule has 1 aromatic rings. The second-order valence-electron chi connectivity index (χ2n) is 5.62. The molecule has 1 aliphatic carbocycles. The predicted octanol–water partition coefficient (Wildman–Crippen LogP) is 2.49. The van der Waals surface area contributed by atoms with Gasteiger partial charge in [0.15, 0.2) is 0 Å². The lowest BCUT2D eigenvalue weighted by Crippen LogP contribution is -2.33. The zero-order chi connectivity index (χ0) is 12.4. The zero-order valence-electron chi connectivity index (χ0n) is 11.1. The number of aromatic nitrogens is 2. The van der Waals surface area contributed by atoms with E-state index in [4.69, 9.17) is 5.10 Å². The predicted molar refractivity (Wildman–Crippen MR) is 77.1 cm³/mol. The molecule has 18 heavy (non-hydrogen) atoms. The molecule has 2 unspecified atom stereocenters. The number of hydrogen-bond donors (Lipinski definition) is 1. The van der Waals surface area contributed by atoms with E-state index in [9.17, 15) is 0 Å². The monoisotopic (exact) mass is 265 g/mol. The van der Waals surface area contributed by atoms with Gasteiger partial charge in [-0.25, -0.2) is 0 Å². The van der Waals surface area contributed by atoms with Crippen LogP contribution in [0.1, 0.15) is 37.4 Å². The Hall–Kier alpha value is -0.480. The van der Waals surface area contributed by atoms with Crippen LogP contribution in [0, 0.1) is 5.92 Å². The first-order chi connectivity index (χ1) is 8.86. The van der Waals surface area contributed by atoms with Crippen LogP contribution in [0.2, 0.25) is 0 Å². The van der Waals surface area contributed by atoms with Crippen LogP contribution in [0.4, 0.5) is 0 Å².